The van der Waals surface area contributed by atoms with Crippen LogP contribution >= 0.6 is 15.6 Å². The third-order valence-electron chi connectivity index (χ3n) is 15.1. The smallest absolute Gasteiger partial charge is 0.462 e. The van der Waals surface area contributed by atoms with Crippen molar-refractivity contribution in [3.63, 3.8) is 0 Å². The normalized spacial score (nSPS) is 14.4. The number of unbranched alkanes of at least 4 members (excludes halogenated alkanes) is 29. The number of carbonyl (C=O) groups is 4. The second-order valence-corrected chi connectivity index (χ2v) is 28.7. The molecule has 19 heteroatoms. The number of hydrogen-bond donors (Lipinski definition) is 3. The second kappa shape index (κ2) is 56.1. The Labute approximate surface area is 517 Å². The van der Waals surface area contributed by atoms with Gasteiger partial charge in [-0.25, -0.2) is 9.13 Å². The van der Waals surface area contributed by atoms with E-state index in [-0.39, 0.29) is 25.7 Å². The summed E-state index contributed by atoms with van der Waals surface area (Å²) in [6, 6.07) is 0. The molecule has 17 nitrogen and oxygen atoms in total. The Morgan fingerprint density at radius 2 is 0.494 bits per heavy atom. The zero-order valence-corrected chi connectivity index (χ0v) is 57.0. The van der Waals surface area contributed by atoms with Crippen molar-refractivity contribution in [3.05, 3.63) is 0 Å². The summed E-state index contributed by atoms with van der Waals surface area (Å²) in [6.45, 7) is 14.0. The molecule has 0 spiro atoms. The minimum Gasteiger partial charge on any atom is -0.462 e. The molecule has 0 bridgehead atoms. The van der Waals surface area contributed by atoms with Crippen molar-refractivity contribution in [1.82, 2.24) is 0 Å². The Morgan fingerprint density at radius 3 is 0.729 bits per heavy atom. The first-order chi connectivity index (χ1) is 40.6. The maximum Gasteiger partial charge on any atom is 0.472 e. The molecule has 3 N–H and O–H groups in total. The lowest BCUT2D eigenvalue weighted by atomic mass is 10.0. The average molecular weight is 1260 g/mol. The Kier molecular flexibility index (Phi) is 54.8. The van der Waals surface area contributed by atoms with Crippen LogP contribution in [0.25, 0.3) is 0 Å². The molecule has 0 aliphatic rings. The summed E-state index contributed by atoms with van der Waals surface area (Å²) in [5.74, 6) is 0.761. The van der Waals surface area contributed by atoms with Gasteiger partial charge in [0.15, 0.2) is 12.2 Å². The number of hydrogen-bond acceptors (Lipinski definition) is 15. The van der Waals surface area contributed by atoms with E-state index in [1.807, 2.05) is 0 Å². The first-order valence-electron chi connectivity index (χ1n) is 34.2. The molecule has 0 aromatic rings. The molecule has 0 saturated heterocycles. The number of phosphoric acid groups is 2. The van der Waals surface area contributed by atoms with Crippen molar-refractivity contribution < 1.29 is 80.2 Å². The number of phosphoric ester groups is 2. The lowest BCUT2D eigenvalue weighted by molar-refractivity contribution is -0.161. The van der Waals surface area contributed by atoms with E-state index in [0.717, 1.165) is 115 Å². The summed E-state index contributed by atoms with van der Waals surface area (Å²) < 4.78 is 68.1. The highest BCUT2D eigenvalue weighted by atomic mass is 31.2. The summed E-state index contributed by atoms with van der Waals surface area (Å²) in [5.41, 5.74) is 0. The minimum atomic E-state index is -4.95. The molecular weight excluding hydrogens is 1130 g/mol. The largest absolute Gasteiger partial charge is 0.472 e. The molecule has 0 amide bonds. The average Bonchev–Trinajstić information content (AvgIpc) is 3.55. The van der Waals surface area contributed by atoms with Crippen LogP contribution in [0.2, 0.25) is 0 Å². The molecule has 0 aromatic carbocycles. The zero-order chi connectivity index (χ0) is 63.2. The van der Waals surface area contributed by atoms with E-state index in [1.54, 1.807) is 0 Å². The standard InChI is InChI=1S/C66H128O17P2/c1-56(2)42-34-26-18-12-9-10-14-22-32-40-48-65(70)82-61(52-76-63(68)46-38-30-24-16-20-28-36-44-58(5)6)54-80-84(72,73)78-50-60(67)51-79-85(74,75)81-55-62(53-77-64(69)47-39-31-25-17-21-29-37-45-59(7)8)83-66(71)49-41-33-23-15-11-13-19-27-35-43-57(3)4/h56-62,67H,9-55H2,1-8H3,(H,72,73)(H,74,75)/t60?,61-,62-/m1/s1. The summed E-state index contributed by atoms with van der Waals surface area (Å²) in [5, 5.41) is 10.6. The fraction of sp³-hybridized carbons (Fsp3) is 0.939. The summed E-state index contributed by atoms with van der Waals surface area (Å²) >= 11 is 0. The zero-order valence-electron chi connectivity index (χ0n) is 55.2. The van der Waals surface area contributed by atoms with Gasteiger partial charge in [0.1, 0.15) is 19.3 Å². The predicted octanol–water partition coefficient (Wildman–Crippen LogP) is 18.1. The highest BCUT2D eigenvalue weighted by Gasteiger charge is 2.30. The molecule has 0 rings (SSSR count). The fourth-order valence-electron chi connectivity index (χ4n) is 9.78. The molecule has 0 fully saturated rings. The molecule has 0 radical (unpaired) electrons. The molecule has 3 unspecified atom stereocenters. The topological polar surface area (TPSA) is 237 Å². The Morgan fingerprint density at radius 1 is 0.294 bits per heavy atom. The van der Waals surface area contributed by atoms with Crippen LogP contribution in [-0.2, 0) is 65.4 Å². The van der Waals surface area contributed by atoms with Crippen molar-refractivity contribution in [3.8, 4) is 0 Å². The van der Waals surface area contributed by atoms with Crippen molar-refractivity contribution in [1.29, 1.82) is 0 Å². The lowest BCUT2D eigenvalue weighted by Crippen LogP contribution is -2.30. The van der Waals surface area contributed by atoms with Gasteiger partial charge in [-0.2, -0.15) is 0 Å². The van der Waals surface area contributed by atoms with Crippen LogP contribution in [0.1, 0.15) is 319 Å². The molecular formula is C66H128O17P2. The van der Waals surface area contributed by atoms with E-state index in [2.05, 4.69) is 55.4 Å². The lowest BCUT2D eigenvalue weighted by Gasteiger charge is -2.21. The molecule has 0 heterocycles. The molecule has 504 valence electrons. The predicted molar refractivity (Wildman–Crippen MR) is 340 cm³/mol. The van der Waals surface area contributed by atoms with Crippen LogP contribution < -0.4 is 0 Å². The monoisotopic (exact) mass is 1250 g/mol. The van der Waals surface area contributed by atoms with Crippen molar-refractivity contribution in [2.45, 2.75) is 337 Å². The van der Waals surface area contributed by atoms with Crippen LogP contribution in [0.5, 0.6) is 0 Å². The van der Waals surface area contributed by atoms with Gasteiger partial charge in [-0.3, -0.25) is 37.3 Å². The van der Waals surface area contributed by atoms with Gasteiger partial charge in [-0.05, 0) is 49.4 Å². The Balaban J connectivity index is 5.26. The van der Waals surface area contributed by atoms with Gasteiger partial charge in [0.2, 0.25) is 0 Å². The van der Waals surface area contributed by atoms with Crippen molar-refractivity contribution >= 4 is 39.5 Å². The van der Waals surface area contributed by atoms with E-state index in [1.165, 1.54) is 109 Å². The van der Waals surface area contributed by atoms with E-state index >= 15 is 0 Å². The highest BCUT2D eigenvalue weighted by Crippen LogP contribution is 2.45. The molecule has 0 aliphatic heterocycles. The van der Waals surface area contributed by atoms with Crippen LogP contribution in [0.3, 0.4) is 0 Å². The first kappa shape index (κ1) is 83.1. The maximum absolute atomic E-state index is 13.0. The van der Waals surface area contributed by atoms with Gasteiger partial charge < -0.3 is 33.8 Å². The third kappa shape index (κ3) is 60.7. The number of esters is 4. The van der Waals surface area contributed by atoms with E-state index in [9.17, 15) is 43.2 Å². The Hall–Kier alpha value is -1.94. The summed E-state index contributed by atoms with van der Waals surface area (Å²) in [6.07, 6.45) is 36.3. The van der Waals surface area contributed by atoms with Crippen LogP contribution in [0, 0.1) is 23.7 Å². The minimum absolute atomic E-state index is 0.104. The van der Waals surface area contributed by atoms with Crippen molar-refractivity contribution in [2.24, 2.45) is 23.7 Å². The summed E-state index contributed by atoms with van der Waals surface area (Å²) in [4.78, 5) is 72.3. The molecule has 5 atom stereocenters. The van der Waals surface area contributed by atoms with Crippen LogP contribution in [-0.4, -0.2) is 96.7 Å². The first-order valence-corrected chi connectivity index (χ1v) is 37.2. The van der Waals surface area contributed by atoms with Gasteiger partial charge in [0.05, 0.1) is 26.4 Å². The fourth-order valence-corrected chi connectivity index (χ4v) is 11.4. The van der Waals surface area contributed by atoms with E-state index in [0.29, 0.717) is 37.5 Å². The van der Waals surface area contributed by atoms with Gasteiger partial charge in [-0.15, -0.1) is 0 Å². The number of carbonyl (C=O) groups excluding carboxylic acids is 4. The Bertz CT molecular complexity index is 1700. The molecule has 0 aromatic heterocycles. The van der Waals surface area contributed by atoms with E-state index in [4.69, 9.17) is 37.0 Å². The third-order valence-corrected chi connectivity index (χ3v) is 17.0. The number of aliphatic hydroxyl groups is 1. The summed E-state index contributed by atoms with van der Waals surface area (Å²) in [7, 11) is -9.89. The van der Waals surface area contributed by atoms with Crippen molar-refractivity contribution in [2.75, 3.05) is 39.6 Å². The number of aliphatic hydroxyl groups excluding tert-OH is 1. The second-order valence-electron chi connectivity index (χ2n) is 25.8. The molecule has 0 aliphatic carbocycles. The van der Waals surface area contributed by atoms with Gasteiger partial charge in [-0.1, -0.05) is 267 Å². The van der Waals surface area contributed by atoms with Gasteiger partial charge in [0, 0.05) is 25.7 Å². The maximum atomic E-state index is 13.0. The SMILES string of the molecule is CC(C)CCCCCCCCCCCCC(=O)O[C@H](COC(=O)CCCCCCCCCC(C)C)COP(=O)(O)OCC(O)COP(=O)(O)OC[C@@H](COC(=O)CCCCCCCCCC(C)C)OC(=O)CCCCCCCCCCCC(C)C. The molecule has 85 heavy (non-hydrogen) atoms. The number of rotatable bonds is 63. The quantitative estimate of drug-likeness (QED) is 0.0222. The van der Waals surface area contributed by atoms with Gasteiger partial charge >= 0.3 is 39.5 Å². The highest BCUT2D eigenvalue weighted by molar-refractivity contribution is 7.47. The van der Waals surface area contributed by atoms with Crippen LogP contribution in [0.15, 0.2) is 0 Å². The number of ether oxygens (including phenoxy) is 4. The van der Waals surface area contributed by atoms with E-state index < -0.39 is 97.5 Å². The molecule has 0 saturated carbocycles. The van der Waals surface area contributed by atoms with Gasteiger partial charge in [0.25, 0.3) is 0 Å². The van der Waals surface area contributed by atoms with Crippen LogP contribution in [0.4, 0.5) is 0 Å².